The molecule has 0 aromatic carbocycles. The highest BCUT2D eigenvalue weighted by molar-refractivity contribution is 7.10. The summed E-state index contributed by atoms with van der Waals surface area (Å²) in [6, 6.07) is 8.00. The lowest BCUT2D eigenvalue weighted by Gasteiger charge is -2.53. The number of carbonyl (C=O) groups is 1. The molecule has 0 amide bonds. The molecule has 2 fully saturated rings. The molecule has 4 heterocycles. The largest absolute Gasteiger partial charge is 0.490 e. The minimum atomic E-state index is -5.08. The minimum Gasteiger partial charge on any atom is -0.475 e. The Morgan fingerprint density at radius 2 is 2.13 bits per heavy atom. The SMILES string of the molecule is Cc1ccsc1CN1CC2(CC(Oc3ccccn3)CCO2)C1.O=C(O)C(F)(F)F. The summed E-state index contributed by atoms with van der Waals surface area (Å²) in [5.74, 6) is -2.03. The second kappa shape index (κ2) is 9.32. The topological polar surface area (TPSA) is 71.9 Å². The van der Waals surface area contributed by atoms with Gasteiger partial charge in [0.05, 0.1) is 12.2 Å². The van der Waals surface area contributed by atoms with Crippen LogP contribution in [0.4, 0.5) is 13.2 Å². The van der Waals surface area contributed by atoms with E-state index in [-0.39, 0.29) is 11.7 Å². The number of aromatic nitrogens is 1. The molecule has 2 aromatic heterocycles. The number of aliphatic carboxylic acids is 1. The van der Waals surface area contributed by atoms with E-state index >= 15 is 0 Å². The molecule has 10 heteroatoms. The summed E-state index contributed by atoms with van der Waals surface area (Å²) in [6.07, 6.45) is -1.19. The standard InChI is InChI=1S/C18H22N2O2S.C2HF3O2/c1-14-6-9-23-16(14)11-20-12-18(13-20)10-15(5-8-21-18)22-17-4-2-3-7-19-17;3-2(4,5)1(6)7/h2-4,6-7,9,15H,5,8,10-13H2,1H3;(H,6,7). The van der Waals surface area contributed by atoms with E-state index in [0.717, 1.165) is 45.0 Å². The molecule has 2 aliphatic rings. The second-order valence-electron chi connectivity index (χ2n) is 7.41. The summed E-state index contributed by atoms with van der Waals surface area (Å²) in [4.78, 5) is 17.1. The van der Waals surface area contributed by atoms with Gasteiger partial charge in [0.2, 0.25) is 5.88 Å². The smallest absolute Gasteiger partial charge is 0.475 e. The van der Waals surface area contributed by atoms with Crippen molar-refractivity contribution in [1.82, 2.24) is 9.88 Å². The highest BCUT2D eigenvalue weighted by Gasteiger charge is 2.48. The Balaban J connectivity index is 0.000000318. The fourth-order valence-electron chi connectivity index (χ4n) is 3.54. The van der Waals surface area contributed by atoms with Gasteiger partial charge in [0.25, 0.3) is 0 Å². The zero-order chi connectivity index (χ0) is 21.8. The number of aryl methyl sites for hydroxylation is 1. The number of hydrogen-bond acceptors (Lipinski definition) is 6. The van der Waals surface area contributed by atoms with Crippen LogP contribution in [-0.4, -0.2) is 58.5 Å². The average Bonchev–Trinajstić information content (AvgIpc) is 3.06. The van der Waals surface area contributed by atoms with Crippen LogP contribution >= 0.6 is 11.3 Å². The maximum Gasteiger partial charge on any atom is 0.490 e. The predicted molar refractivity (Wildman–Crippen MR) is 105 cm³/mol. The average molecular weight is 444 g/mol. The molecule has 0 aliphatic carbocycles. The molecule has 1 N–H and O–H groups in total. The number of pyridine rings is 1. The third kappa shape index (κ3) is 5.93. The van der Waals surface area contributed by atoms with E-state index in [1.54, 1.807) is 6.20 Å². The van der Waals surface area contributed by atoms with Gasteiger partial charge in [-0.2, -0.15) is 13.2 Å². The fraction of sp³-hybridized carbons (Fsp3) is 0.500. The van der Waals surface area contributed by atoms with E-state index in [0.29, 0.717) is 0 Å². The molecule has 1 unspecified atom stereocenters. The van der Waals surface area contributed by atoms with Gasteiger partial charge in [-0.3, -0.25) is 4.90 Å². The number of likely N-dealkylation sites (tertiary alicyclic amines) is 1. The van der Waals surface area contributed by atoms with Crippen molar-refractivity contribution < 1.29 is 32.5 Å². The summed E-state index contributed by atoms with van der Waals surface area (Å²) in [7, 11) is 0. The molecule has 0 saturated carbocycles. The maximum absolute atomic E-state index is 10.6. The lowest BCUT2D eigenvalue weighted by Crippen LogP contribution is -2.65. The number of hydrogen-bond donors (Lipinski definition) is 1. The van der Waals surface area contributed by atoms with Crippen molar-refractivity contribution in [3.8, 4) is 5.88 Å². The monoisotopic (exact) mass is 444 g/mol. The van der Waals surface area contributed by atoms with Gasteiger partial charge < -0.3 is 14.6 Å². The number of carboxylic acids is 1. The van der Waals surface area contributed by atoms with Crippen molar-refractivity contribution >= 4 is 17.3 Å². The van der Waals surface area contributed by atoms with Crippen LogP contribution in [0, 0.1) is 6.92 Å². The molecule has 4 rings (SSSR count). The van der Waals surface area contributed by atoms with E-state index in [2.05, 4.69) is 28.3 Å². The van der Waals surface area contributed by atoms with Gasteiger partial charge in [-0.15, -0.1) is 11.3 Å². The third-order valence-electron chi connectivity index (χ3n) is 4.97. The summed E-state index contributed by atoms with van der Waals surface area (Å²) in [6.45, 7) is 6.03. The van der Waals surface area contributed by atoms with Crippen LogP contribution in [-0.2, 0) is 16.1 Å². The Labute approximate surface area is 176 Å². The first kappa shape index (κ1) is 22.5. The molecule has 1 atom stereocenters. The van der Waals surface area contributed by atoms with Gasteiger partial charge in [-0.1, -0.05) is 6.07 Å². The first-order valence-corrected chi connectivity index (χ1v) is 10.3. The highest BCUT2D eigenvalue weighted by atomic mass is 32.1. The van der Waals surface area contributed by atoms with Crippen LogP contribution in [0.2, 0.25) is 0 Å². The maximum atomic E-state index is 10.6. The van der Waals surface area contributed by atoms with Crippen LogP contribution in [0.5, 0.6) is 5.88 Å². The van der Waals surface area contributed by atoms with Crippen LogP contribution in [0.15, 0.2) is 35.8 Å². The van der Waals surface area contributed by atoms with E-state index in [9.17, 15) is 13.2 Å². The van der Waals surface area contributed by atoms with Gasteiger partial charge in [-0.25, -0.2) is 9.78 Å². The van der Waals surface area contributed by atoms with E-state index < -0.39 is 12.1 Å². The lowest BCUT2D eigenvalue weighted by molar-refractivity contribution is -0.192. The zero-order valence-corrected chi connectivity index (χ0v) is 17.2. The van der Waals surface area contributed by atoms with Crippen molar-refractivity contribution in [1.29, 1.82) is 0 Å². The van der Waals surface area contributed by atoms with E-state index in [4.69, 9.17) is 19.4 Å². The quantitative estimate of drug-likeness (QED) is 0.771. The first-order chi connectivity index (χ1) is 14.2. The molecular formula is C20H23F3N2O4S. The highest BCUT2D eigenvalue weighted by Crippen LogP contribution is 2.37. The van der Waals surface area contributed by atoms with Crippen LogP contribution in [0.3, 0.4) is 0 Å². The Morgan fingerprint density at radius 1 is 1.40 bits per heavy atom. The molecule has 2 saturated heterocycles. The predicted octanol–water partition coefficient (Wildman–Crippen LogP) is 3.90. The van der Waals surface area contributed by atoms with Crippen molar-refractivity contribution in [3.05, 3.63) is 46.3 Å². The first-order valence-electron chi connectivity index (χ1n) is 9.44. The molecular weight excluding hydrogens is 421 g/mol. The van der Waals surface area contributed by atoms with Gasteiger partial charge >= 0.3 is 12.1 Å². The number of alkyl halides is 3. The zero-order valence-electron chi connectivity index (χ0n) is 16.4. The number of halogens is 3. The summed E-state index contributed by atoms with van der Waals surface area (Å²) < 4.78 is 43.9. The molecule has 0 bridgehead atoms. The molecule has 0 radical (unpaired) electrons. The molecule has 30 heavy (non-hydrogen) atoms. The van der Waals surface area contributed by atoms with Crippen LogP contribution in [0.1, 0.15) is 23.3 Å². The van der Waals surface area contributed by atoms with Crippen LogP contribution in [0.25, 0.3) is 0 Å². The van der Waals surface area contributed by atoms with Crippen molar-refractivity contribution in [3.63, 3.8) is 0 Å². The Morgan fingerprint density at radius 3 is 2.70 bits per heavy atom. The van der Waals surface area contributed by atoms with Gasteiger partial charge in [-0.05, 0) is 30.0 Å². The molecule has 164 valence electrons. The number of carboxylic acid groups (broad SMARTS) is 1. The summed E-state index contributed by atoms with van der Waals surface area (Å²) in [5, 5.41) is 9.30. The summed E-state index contributed by atoms with van der Waals surface area (Å²) >= 11 is 1.85. The van der Waals surface area contributed by atoms with Gasteiger partial charge in [0, 0.05) is 49.6 Å². The number of thiophene rings is 1. The number of nitrogens with zero attached hydrogens (tertiary/aromatic N) is 2. The van der Waals surface area contributed by atoms with Gasteiger partial charge in [0.15, 0.2) is 0 Å². The molecule has 1 spiro atoms. The van der Waals surface area contributed by atoms with Gasteiger partial charge in [0.1, 0.15) is 6.10 Å². The lowest BCUT2D eigenvalue weighted by atomic mass is 9.84. The molecule has 2 aromatic rings. The van der Waals surface area contributed by atoms with E-state index in [1.807, 2.05) is 29.5 Å². The second-order valence-corrected chi connectivity index (χ2v) is 8.41. The fourth-order valence-corrected chi connectivity index (χ4v) is 4.49. The minimum absolute atomic E-state index is 0.0111. The molecule has 6 nitrogen and oxygen atoms in total. The Bertz CT molecular complexity index is 838. The molecule has 2 aliphatic heterocycles. The summed E-state index contributed by atoms with van der Waals surface area (Å²) in [5.41, 5.74) is 1.39. The van der Waals surface area contributed by atoms with Crippen molar-refractivity contribution in [2.24, 2.45) is 0 Å². The van der Waals surface area contributed by atoms with Crippen molar-refractivity contribution in [2.45, 2.75) is 44.2 Å². The number of ether oxygens (including phenoxy) is 2. The third-order valence-corrected chi connectivity index (χ3v) is 5.98. The van der Waals surface area contributed by atoms with E-state index in [1.165, 1.54) is 10.4 Å². The van der Waals surface area contributed by atoms with Crippen LogP contribution < -0.4 is 4.74 Å². The Kier molecular flexibility index (Phi) is 6.99. The number of rotatable bonds is 4. The Hall–Kier alpha value is -2.17. The normalized spacial score (nSPS) is 20.7. The van der Waals surface area contributed by atoms with Crippen molar-refractivity contribution in [2.75, 3.05) is 19.7 Å².